The first kappa shape index (κ1) is 20.1. The van der Waals surface area contributed by atoms with Gasteiger partial charge in [0.1, 0.15) is 0 Å². The average Bonchev–Trinajstić information content (AvgIpc) is 3.20. The second-order valence-corrected chi connectivity index (χ2v) is 8.40. The van der Waals surface area contributed by atoms with Crippen molar-refractivity contribution in [2.24, 2.45) is 17.6 Å². The van der Waals surface area contributed by atoms with Crippen LogP contribution in [-0.2, 0) is 14.4 Å². The summed E-state index contributed by atoms with van der Waals surface area (Å²) in [6, 6.07) is 0. The molecule has 7 nitrogen and oxygen atoms in total. The Hall–Kier alpha value is -1.63. The number of nitrogens with zero attached hydrogens (tertiary/aromatic N) is 3. The summed E-state index contributed by atoms with van der Waals surface area (Å²) in [6.07, 6.45) is 8.29. The van der Waals surface area contributed by atoms with Crippen molar-refractivity contribution in [3.8, 4) is 0 Å². The van der Waals surface area contributed by atoms with E-state index in [0.717, 1.165) is 38.5 Å². The van der Waals surface area contributed by atoms with E-state index in [1.165, 1.54) is 25.7 Å². The van der Waals surface area contributed by atoms with Crippen LogP contribution in [-0.4, -0.2) is 78.2 Å². The van der Waals surface area contributed by atoms with Gasteiger partial charge < -0.3 is 15.5 Å². The minimum atomic E-state index is -0.254. The van der Waals surface area contributed by atoms with Gasteiger partial charge in [-0.25, -0.2) is 0 Å². The molecule has 2 saturated heterocycles. The molecule has 152 valence electrons. The van der Waals surface area contributed by atoms with Crippen LogP contribution >= 0.6 is 0 Å². The molecule has 2 heterocycles. The zero-order chi connectivity index (χ0) is 19.2. The van der Waals surface area contributed by atoms with Crippen molar-refractivity contribution in [2.45, 2.75) is 51.4 Å². The molecule has 3 fully saturated rings. The minimum Gasteiger partial charge on any atom is -0.369 e. The molecule has 27 heavy (non-hydrogen) atoms. The Kier molecular flexibility index (Phi) is 7.10. The van der Waals surface area contributed by atoms with Crippen molar-refractivity contribution in [1.29, 1.82) is 0 Å². The number of piperazine rings is 1. The van der Waals surface area contributed by atoms with Crippen LogP contribution in [0.5, 0.6) is 0 Å². The SMILES string of the molecule is NC(=O)C1CCN(C(=O)CN2CCN(C(=O)CCC3CCCC3)CC2)CC1. The number of amides is 3. The predicted molar refractivity (Wildman–Crippen MR) is 103 cm³/mol. The number of hydrogen-bond acceptors (Lipinski definition) is 4. The highest BCUT2D eigenvalue weighted by atomic mass is 16.2. The van der Waals surface area contributed by atoms with E-state index >= 15 is 0 Å². The van der Waals surface area contributed by atoms with Gasteiger partial charge in [-0.05, 0) is 25.2 Å². The summed E-state index contributed by atoms with van der Waals surface area (Å²) in [5.74, 6) is 0.815. The molecule has 0 aromatic heterocycles. The van der Waals surface area contributed by atoms with Crippen molar-refractivity contribution < 1.29 is 14.4 Å². The molecule has 3 rings (SSSR count). The van der Waals surface area contributed by atoms with Crippen LogP contribution in [0, 0.1) is 11.8 Å². The fourth-order valence-corrected chi connectivity index (χ4v) is 4.64. The molecule has 3 aliphatic rings. The molecule has 0 aromatic rings. The summed E-state index contributed by atoms with van der Waals surface area (Å²) in [7, 11) is 0. The van der Waals surface area contributed by atoms with Crippen LogP contribution in [0.2, 0.25) is 0 Å². The van der Waals surface area contributed by atoms with Crippen LogP contribution in [0.15, 0.2) is 0 Å². The van der Waals surface area contributed by atoms with Crippen molar-refractivity contribution in [1.82, 2.24) is 14.7 Å². The van der Waals surface area contributed by atoms with Gasteiger partial charge in [-0.15, -0.1) is 0 Å². The standard InChI is InChI=1S/C20H34N4O3/c21-20(27)17-7-9-23(10-8-17)19(26)15-22-11-13-24(14-12-22)18(25)6-5-16-3-1-2-4-16/h16-17H,1-15H2,(H2,21,27). The van der Waals surface area contributed by atoms with Gasteiger partial charge in [0.15, 0.2) is 0 Å². The molecule has 0 spiro atoms. The molecule has 1 saturated carbocycles. The number of nitrogens with two attached hydrogens (primary N) is 1. The Bertz CT molecular complexity index is 531. The van der Waals surface area contributed by atoms with Crippen LogP contribution < -0.4 is 5.73 Å². The maximum Gasteiger partial charge on any atom is 0.236 e. The van der Waals surface area contributed by atoms with Crippen LogP contribution in [0.3, 0.4) is 0 Å². The zero-order valence-corrected chi connectivity index (χ0v) is 16.4. The quantitative estimate of drug-likeness (QED) is 0.741. The Balaban J connectivity index is 1.33. The van der Waals surface area contributed by atoms with Crippen LogP contribution in [0.1, 0.15) is 51.4 Å². The fraction of sp³-hybridized carbons (Fsp3) is 0.850. The maximum atomic E-state index is 12.5. The molecule has 0 bridgehead atoms. The molecule has 2 aliphatic heterocycles. The molecule has 0 radical (unpaired) electrons. The number of rotatable bonds is 6. The molecule has 0 aromatic carbocycles. The third kappa shape index (κ3) is 5.67. The fourth-order valence-electron chi connectivity index (χ4n) is 4.64. The topological polar surface area (TPSA) is 86.9 Å². The van der Waals surface area contributed by atoms with Crippen molar-refractivity contribution >= 4 is 17.7 Å². The lowest BCUT2D eigenvalue weighted by Crippen LogP contribution is -2.52. The number of carbonyl (C=O) groups excluding carboxylic acids is 3. The largest absolute Gasteiger partial charge is 0.369 e. The third-order valence-electron chi connectivity index (χ3n) is 6.58. The Labute approximate surface area is 162 Å². The van der Waals surface area contributed by atoms with Gasteiger partial charge in [0.2, 0.25) is 17.7 Å². The minimum absolute atomic E-state index is 0.0900. The van der Waals surface area contributed by atoms with Gasteiger partial charge >= 0.3 is 0 Å². The molecule has 3 amide bonds. The Morgan fingerprint density at radius 3 is 1.96 bits per heavy atom. The summed E-state index contributed by atoms with van der Waals surface area (Å²) in [4.78, 5) is 42.1. The first-order valence-electron chi connectivity index (χ1n) is 10.6. The van der Waals surface area contributed by atoms with Crippen molar-refractivity contribution in [3.63, 3.8) is 0 Å². The highest BCUT2D eigenvalue weighted by Crippen LogP contribution is 2.28. The van der Waals surface area contributed by atoms with E-state index in [2.05, 4.69) is 4.90 Å². The van der Waals surface area contributed by atoms with Gasteiger partial charge in [0, 0.05) is 51.6 Å². The summed E-state index contributed by atoms with van der Waals surface area (Å²) < 4.78 is 0. The second kappa shape index (κ2) is 9.53. The van der Waals surface area contributed by atoms with Crippen LogP contribution in [0.25, 0.3) is 0 Å². The van der Waals surface area contributed by atoms with Crippen molar-refractivity contribution in [2.75, 3.05) is 45.8 Å². The number of piperidine rings is 1. The summed E-state index contributed by atoms with van der Waals surface area (Å²) >= 11 is 0. The van der Waals surface area contributed by atoms with E-state index in [1.807, 2.05) is 9.80 Å². The molecule has 2 N–H and O–H groups in total. The molecule has 7 heteroatoms. The second-order valence-electron chi connectivity index (χ2n) is 8.40. The van der Waals surface area contributed by atoms with Gasteiger partial charge in [-0.3, -0.25) is 19.3 Å². The number of carbonyl (C=O) groups is 3. The van der Waals surface area contributed by atoms with E-state index in [4.69, 9.17) is 5.73 Å². The highest BCUT2D eigenvalue weighted by Gasteiger charge is 2.28. The number of primary amides is 1. The smallest absolute Gasteiger partial charge is 0.236 e. The predicted octanol–water partition coefficient (Wildman–Crippen LogP) is 0.825. The number of likely N-dealkylation sites (tertiary alicyclic amines) is 1. The van der Waals surface area contributed by atoms with E-state index in [0.29, 0.717) is 38.9 Å². The van der Waals surface area contributed by atoms with E-state index in [-0.39, 0.29) is 23.6 Å². The molecule has 0 unspecified atom stereocenters. The number of hydrogen-bond donors (Lipinski definition) is 1. The van der Waals surface area contributed by atoms with Gasteiger partial charge in [0.25, 0.3) is 0 Å². The van der Waals surface area contributed by atoms with Crippen molar-refractivity contribution in [3.05, 3.63) is 0 Å². The molecular formula is C20H34N4O3. The monoisotopic (exact) mass is 378 g/mol. The molecule has 1 aliphatic carbocycles. The normalized spacial score (nSPS) is 23.0. The summed E-state index contributed by atoms with van der Waals surface area (Å²) in [6.45, 7) is 4.61. The van der Waals surface area contributed by atoms with Crippen LogP contribution in [0.4, 0.5) is 0 Å². The first-order valence-corrected chi connectivity index (χ1v) is 10.6. The molecule has 0 atom stereocenters. The molecular weight excluding hydrogens is 344 g/mol. The lowest BCUT2D eigenvalue weighted by atomic mass is 9.96. The summed E-state index contributed by atoms with van der Waals surface area (Å²) in [5, 5.41) is 0. The third-order valence-corrected chi connectivity index (χ3v) is 6.58. The Morgan fingerprint density at radius 1 is 0.778 bits per heavy atom. The van der Waals surface area contributed by atoms with E-state index in [1.54, 1.807) is 0 Å². The lowest BCUT2D eigenvalue weighted by molar-refractivity contribution is -0.137. The zero-order valence-electron chi connectivity index (χ0n) is 16.4. The summed E-state index contributed by atoms with van der Waals surface area (Å²) in [5.41, 5.74) is 5.35. The lowest BCUT2D eigenvalue weighted by Gasteiger charge is -2.36. The van der Waals surface area contributed by atoms with E-state index < -0.39 is 0 Å². The van der Waals surface area contributed by atoms with Gasteiger partial charge in [0.05, 0.1) is 6.54 Å². The van der Waals surface area contributed by atoms with Gasteiger partial charge in [-0.1, -0.05) is 25.7 Å². The average molecular weight is 379 g/mol. The van der Waals surface area contributed by atoms with E-state index in [9.17, 15) is 14.4 Å². The van der Waals surface area contributed by atoms with Gasteiger partial charge in [-0.2, -0.15) is 0 Å². The first-order chi connectivity index (χ1) is 13.0. The highest BCUT2D eigenvalue weighted by molar-refractivity contribution is 5.80. The maximum absolute atomic E-state index is 12.5. The Morgan fingerprint density at radius 2 is 1.37 bits per heavy atom.